The van der Waals surface area contributed by atoms with Gasteiger partial charge in [0.25, 0.3) is 0 Å². The fraction of sp³-hybridized carbons (Fsp3) is 0.692. The molecule has 1 heterocycles. The van der Waals surface area contributed by atoms with Gasteiger partial charge in [-0.2, -0.15) is 0 Å². The van der Waals surface area contributed by atoms with Crippen LogP contribution in [0.2, 0.25) is 0 Å². The molecule has 2 amide bonds. The zero-order chi connectivity index (χ0) is 14.4. The number of methoxy groups -OCH3 is 1. The smallest absolute Gasteiger partial charge is 0.320 e. The summed E-state index contributed by atoms with van der Waals surface area (Å²) in [6, 6.07) is -0.124. The van der Waals surface area contributed by atoms with Crippen molar-refractivity contribution in [2.24, 2.45) is 5.92 Å². The van der Waals surface area contributed by atoms with Gasteiger partial charge < -0.3 is 19.6 Å². The predicted octanol–water partition coefficient (Wildman–Crippen LogP) is 1.04. The van der Waals surface area contributed by atoms with E-state index in [0.29, 0.717) is 19.7 Å². The van der Waals surface area contributed by atoms with Crippen LogP contribution in [0.25, 0.3) is 0 Å². The summed E-state index contributed by atoms with van der Waals surface area (Å²) in [7, 11) is 3.29. The van der Waals surface area contributed by atoms with E-state index in [9.17, 15) is 9.59 Å². The minimum Gasteiger partial charge on any atom is -0.481 e. The van der Waals surface area contributed by atoms with Gasteiger partial charge in [0.15, 0.2) is 0 Å². The van der Waals surface area contributed by atoms with Crippen LogP contribution in [-0.4, -0.2) is 67.3 Å². The quantitative estimate of drug-likeness (QED) is 0.758. The van der Waals surface area contributed by atoms with E-state index in [1.807, 2.05) is 6.08 Å². The van der Waals surface area contributed by atoms with Gasteiger partial charge in [-0.3, -0.25) is 4.79 Å². The Kier molecular flexibility index (Phi) is 5.82. The summed E-state index contributed by atoms with van der Waals surface area (Å²) in [5.74, 6) is -1.45. The first-order valence-corrected chi connectivity index (χ1v) is 6.35. The lowest BCUT2D eigenvalue weighted by molar-refractivity contribution is -0.141. The molecule has 0 radical (unpaired) electrons. The number of carboxylic acids is 1. The molecule has 1 rings (SSSR count). The number of rotatable bonds is 5. The summed E-state index contributed by atoms with van der Waals surface area (Å²) >= 11 is 0. The van der Waals surface area contributed by atoms with Crippen LogP contribution >= 0.6 is 0 Å². The highest BCUT2D eigenvalue weighted by atomic mass is 16.5. The second-order valence-electron chi connectivity index (χ2n) is 4.89. The summed E-state index contributed by atoms with van der Waals surface area (Å²) in [6.07, 6.45) is 2.81. The molecule has 6 heteroatoms. The molecule has 1 aliphatic rings. The average Bonchev–Trinajstić information content (AvgIpc) is 2.39. The van der Waals surface area contributed by atoms with E-state index in [-0.39, 0.29) is 12.6 Å². The van der Waals surface area contributed by atoms with Crippen LogP contribution in [0, 0.1) is 5.92 Å². The predicted molar refractivity (Wildman–Crippen MR) is 71.0 cm³/mol. The largest absolute Gasteiger partial charge is 0.481 e. The third-order valence-electron chi connectivity index (χ3n) is 3.20. The first kappa shape index (κ1) is 15.5. The second kappa shape index (κ2) is 7.13. The van der Waals surface area contributed by atoms with Crippen molar-refractivity contribution in [2.45, 2.75) is 13.3 Å². The van der Waals surface area contributed by atoms with Crippen molar-refractivity contribution in [2.75, 3.05) is 40.4 Å². The molecular formula is C13H22N2O4. The van der Waals surface area contributed by atoms with E-state index < -0.39 is 11.9 Å². The Balaban J connectivity index is 2.48. The maximum Gasteiger partial charge on any atom is 0.320 e. The minimum atomic E-state index is -0.888. The van der Waals surface area contributed by atoms with Crippen molar-refractivity contribution in [3.63, 3.8) is 0 Å². The topological polar surface area (TPSA) is 70.1 Å². The Hall–Kier alpha value is -1.56. The normalized spacial score (nSPS) is 16.8. The van der Waals surface area contributed by atoms with Gasteiger partial charge in [-0.25, -0.2) is 4.79 Å². The van der Waals surface area contributed by atoms with E-state index in [1.54, 1.807) is 26.0 Å². The Bertz CT molecular complexity index is 368. The zero-order valence-electron chi connectivity index (χ0n) is 11.8. The Morgan fingerprint density at radius 3 is 2.74 bits per heavy atom. The van der Waals surface area contributed by atoms with Crippen molar-refractivity contribution in [3.05, 3.63) is 11.6 Å². The summed E-state index contributed by atoms with van der Waals surface area (Å²) in [5.41, 5.74) is 1.20. The molecule has 0 saturated carbocycles. The summed E-state index contributed by atoms with van der Waals surface area (Å²) in [5, 5.41) is 8.84. The molecule has 1 unspecified atom stereocenters. The van der Waals surface area contributed by atoms with Gasteiger partial charge >= 0.3 is 12.0 Å². The van der Waals surface area contributed by atoms with Gasteiger partial charge in [-0.05, 0) is 12.0 Å². The van der Waals surface area contributed by atoms with Gasteiger partial charge in [0.1, 0.15) is 0 Å². The highest BCUT2D eigenvalue weighted by Gasteiger charge is 2.23. The van der Waals surface area contributed by atoms with Crippen LogP contribution in [0.3, 0.4) is 0 Å². The molecular weight excluding hydrogens is 248 g/mol. The molecule has 0 spiro atoms. The number of carboxylic acid groups (broad SMARTS) is 1. The average molecular weight is 270 g/mol. The van der Waals surface area contributed by atoms with Crippen LogP contribution in [0.15, 0.2) is 11.6 Å². The first-order valence-electron chi connectivity index (χ1n) is 6.35. The number of hydrogen-bond donors (Lipinski definition) is 1. The standard InChI is InChI=1S/C13H22N2O4/c1-10(12(16)17)8-14(2)13(18)15-6-4-11(5-7-15)9-19-3/h4,10H,5-9H2,1-3H3,(H,16,17). The van der Waals surface area contributed by atoms with Gasteiger partial charge in [-0.15, -0.1) is 0 Å². The molecule has 0 aliphatic carbocycles. The molecule has 0 bridgehead atoms. The van der Waals surface area contributed by atoms with Crippen molar-refractivity contribution in [3.8, 4) is 0 Å². The van der Waals surface area contributed by atoms with Crippen LogP contribution in [-0.2, 0) is 9.53 Å². The maximum absolute atomic E-state index is 12.1. The fourth-order valence-corrected chi connectivity index (χ4v) is 2.01. The molecule has 6 nitrogen and oxygen atoms in total. The van der Waals surface area contributed by atoms with Crippen molar-refractivity contribution in [1.82, 2.24) is 9.80 Å². The Morgan fingerprint density at radius 1 is 1.58 bits per heavy atom. The molecule has 1 atom stereocenters. The Labute approximate surface area is 113 Å². The number of ether oxygens (including phenoxy) is 1. The molecule has 0 aromatic heterocycles. The van der Waals surface area contributed by atoms with Gasteiger partial charge in [-0.1, -0.05) is 13.0 Å². The molecule has 0 saturated heterocycles. The third-order valence-corrected chi connectivity index (χ3v) is 3.20. The number of aliphatic carboxylic acids is 1. The summed E-state index contributed by atoms with van der Waals surface area (Å²) in [6.45, 7) is 3.63. The van der Waals surface area contributed by atoms with Crippen LogP contribution < -0.4 is 0 Å². The van der Waals surface area contributed by atoms with E-state index in [0.717, 1.165) is 6.42 Å². The number of carbonyl (C=O) groups is 2. The van der Waals surface area contributed by atoms with Crippen LogP contribution in [0.5, 0.6) is 0 Å². The highest BCUT2D eigenvalue weighted by Crippen LogP contribution is 2.13. The number of urea groups is 1. The van der Waals surface area contributed by atoms with Gasteiger partial charge in [0.05, 0.1) is 12.5 Å². The van der Waals surface area contributed by atoms with E-state index in [1.165, 1.54) is 10.5 Å². The van der Waals surface area contributed by atoms with E-state index in [2.05, 4.69) is 0 Å². The van der Waals surface area contributed by atoms with Crippen molar-refractivity contribution in [1.29, 1.82) is 0 Å². The monoisotopic (exact) mass is 270 g/mol. The lowest BCUT2D eigenvalue weighted by Crippen LogP contribution is -2.45. The lowest BCUT2D eigenvalue weighted by Gasteiger charge is -2.31. The molecule has 0 fully saturated rings. The number of nitrogens with zero attached hydrogens (tertiary/aromatic N) is 2. The molecule has 1 N–H and O–H groups in total. The molecule has 0 aromatic rings. The number of carbonyl (C=O) groups excluding carboxylic acids is 1. The summed E-state index contributed by atoms with van der Waals surface area (Å²) < 4.78 is 5.06. The second-order valence-corrected chi connectivity index (χ2v) is 4.89. The Morgan fingerprint density at radius 2 is 2.26 bits per heavy atom. The van der Waals surface area contributed by atoms with Crippen LogP contribution in [0.4, 0.5) is 4.79 Å². The zero-order valence-corrected chi connectivity index (χ0v) is 11.8. The fourth-order valence-electron chi connectivity index (χ4n) is 2.01. The molecule has 19 heavy (non-hydrogen) atoms. The molecule has 1 aliphatic heterocycles. The molecule has 108 valence electrons. The van der Waals surface area contributed by atoms with Gasteiger partial charge in [0.2, 0.25) is 0 Å². The molecule has 0 aromatic carbocycles. The maximum atomic E-state index is 12.1. The van der Waals surface area contributed by atoms with Crippen LogP contribution in [0.1, 0.15) is 13.3 Å². The van der Waals surface area contributed by atoms with E-state index >= 15 is 0 Å². The number of amides is 2. The minimum absolute atomic E-state index is 0.124. The van der Waals surface area contributed by atoms with Crippen molar-refractivity contribution < 1.29 is 19.4 Å². The lowest BCUT2D eigenvalue weighted by atomic mass is 10.1. The highest BCUT2D eigenvalue weighted by molar-refractivity contribution is 5.76. The first-order chi connectivity index (χ1) is 8.95. The third kappa shape index (κ3) is 4.55. The number of hydrogen-bond acceptors (Lipinski definition) is 3. The SMILES string of the molecule is COCC1=CCN(C(=O)N(C)CC(C)C(=O)O)CC1. The van der Waals surface area contributed by atoms with Crippen molar-refractivity contribution >= 4 is 12.0 Å². The van der Waals surface area contributed by atoms with E-state index in [4.69, 9.17) is 9.84 Å². The van der Waals surface area contributed by atoms with Gasteiger partial charge in [0, 0.05) is 33.8 Å². The summed E-state index contributed by atoms with van der Waals surface area (Å²) in [4.78, 5) is 26.1.